The Bertz CT molecular complexity index is 1350. The van der Waals surface area contributed by atoms with Crippen molar-refractivity contribution in [2.45, 2.75) is 56.3 Å². The second kappa shape index (κ2) is 8.40. The molecule has 34 heavy (non-hydrogen) atoms. The number of carboxylic acid groups (broad SMARTS) is 1. The van der Waals surface area contributed by atoms with Crippen LogP contribution in [0.25, 0.3) is 0 Å². The molecule has 0 unspecified atom stereocenters. The van der Waals surface area contributed by atoms with E-state index in [4.69, 9.17) is 11.6 Å². The maximum absolute atomic E-state index is 13.8. The minimum absolute atomic E-state index is 0.0232. The maximum atomic E-state index is 13.8. The van der Waals surface area contributed by atoms with E-state index in [0.717, 1.165) is 24.6 Å². The van der Waals surface area contributed by atoms with E-state index in [-0.39, 0.29) is 27.1 Å². The van der Waals surface area contributed by atoms with Crippen molar-refractivity contribution in [2.75, 3.05) is 4.31 Å². The number of fused-ring (bicyclic) bond motifs is 1. The zero-order chi connectivity index (χ0) is 24.9. The molecule has 1 N–H and O–H groups in total. The second-order valence-electron chi connectivity index (χ2n) is 9.93. The summed E-state index contributed by atoms with van der Waals surface area (Å²) in [5, 5.41) is 9.67. The minimum Gasteiger partial charge on any atom is -0.478 e. The highest BCUT2D eigenvalue weighted by Crippen LogP contribution is 2.47. The smallest absolute Gasteiger partial charge is 0.337 e. The fourth-order valence-corrected chi connectivity index (χ4v) is 6.00. The Morgan fingerprint density at radius 2 is 1.56 bits per heavy atom. The van der Waals surface area contributed by atoms with Gasteiger partial charge >= 0.3 is 5.97 Å². The maximum Gasteiger partial charge on any atom is 0.337 e. The Morgan fingerprint density at radius 1 is 0.941 bits per heavy atom. The number of carboxylic acids is 1. The topological polar surface area (TPSA) is 87.6 Å². The van der Waals surface area contributed by atoms with Crippen LogP contribution in [-0.2, 0) is 20.9 Å². The van der Waals surface area contributed by atoms with E-state index in [2.05, 4.69) is 32.7 Å². The van der Waals surface area contributed by atoms with E-state index in [9.17, 15) is 18.3 Å². The van der Waals surface area contributed by atoms with Gasteiger partial charge in [0.25, 0.3) is 10.0 Å². The Hall–Kier alpha value is -2.90. The second-order valence-corrected chi connectivity index (χ2v) is 12.2. The Balaban J connectivity index is 1.94. The summed E-state index contributed by atoms with van der Waals surface area (Å²) in [6.45, 7) is 8.75. The molecule has 0 bridgehead atoms. The highest BCUT2D eigenvalue weighted by atomic mass is 35.5. The van der Waals surface area contributed by atoms with Crippen molar-refractivity contribution in [1.29, 1.82) is 0 Å². The van der Waals surface area contributed by atoms with E-state index < -0.39 is 16.0 Å². The molecule has 0 atom stereocenters. The van der Waals surface area contributed by atoms with Gasteiger partial charge in [-0.1, -0.05) is 45.4 Å². The van der Waals surface area contributed by atoms with Gasteiger partial charge in [0.1, 0.15) is 5.82 Å². The normalized spacial score (nSPS) is 16.5. The molecule has 8 heteroatoms. The van der Waals surface area contributed by atoms with Crippen molar-refractivity contribution < 1.29 is 18.3 Å². The Labute approximate surface area is 205 Å². The lowest BCUT2D eigenvalue weighted by molar-refractivity contribution is 0.0696. The molecule has 0 radical (unpaired) electrons. The molecule has 1 heterocycles. The van der Waals surface area contributed by atoms with E-state index in [1.54, 1.807) is 6.07 Å². The Kier molecular flexibility index (Phi) is 5.98. The SMILES string of the molecule is CC1(C)CCC(C)(C)c2cc(N(c3ccc(C(=O)O)cn3)S(=O)(=O)c3ccc(Cl)cc3)ccc21. The predicted octanol–water partition coefficient (Wildman–Crippen LogP) is 6.31. The van der Waals surface area contributed by atoms with Crippen LogP contribution < -0.4 is 4.31 Å². The molecule has 0 saturated carbocycles. The summed E-state index contributed by atoms with van der Waals surface area (Å²) in [7, 11) is -4.08. The van der Waals surface area contributed by atoms with Gasteiger partial charge in [-0.2, -0.15) is 0 Å². The third kappa shape index (κ3) is 4.30. The molecule has 6 nitrogen and oxygen atoms in total. The number of hydrogen-bond donors (Lipinski definition) is 1. The van der Waals surface area contributed by atoms with Crippen LogP contribution in [0.3, 0.4) is 0 Å². The van der Waals surface area contributed by atoms with Gasteiger partial charge in [-0.15, -0.1) is 0 Å². The van der Waals surface area contributed by atoms with Crippen molar-refractivity contribution in [2.24, 2.45) is 0 Å². The molecule has 1 aromatic heterocycles. The van der Waals surface area contributed by atoms with Gasteiger partial charge in [0, 0.05) is 11.2 Å². The molecule has 1 aliphatic rings. The molecule has 3 aromatic rings. The number of rotatable bonds is 5. The van der Waals surface area contributed by atoms with Crippen LogP contribution in [0.15, 0.2) is 65.7 Å². The molecule has 0 spiro atoms. The van der Waals surface area contributed by atoms with Gasteiger partial charge in [-0.25, -0.2) is 22.5 Å². The lowest BCUT2D eigenvalue weighted by atomic mass is 9.63. The standard InChI is InChI=1S/C26H27ClN2O4S/c1-25(2)13-14-26(3,4)22-15-19(8-11-21(22)25)29(23-12-5-17(16-28-23)24(30)31)34(32,33)20-9-6-18(27)7-10-20/h5-12,15-16H,13-14H2,1-4H3,(H,30,31). The van der Waals surface area contributed by atoms with Gasteiger partial charge < -0.3 is 5.11 Å². The van der Waals surface area contributed by atoms with Crippen LogP contribution >= 0.6 is 11.6 Å². The average Bonchev–Trinajstić information content (AvgIpc) is 2.78. The molecule has 2 aromatic carbocycles. The minimum atomic E-state index is -4.08. The summed E-state index contributed by atoms with van der Waals surface area (Å²) < 4.78 is 28.9. The largest absolute Gasteiger partial charge is 0.478 e. The number of sulfonamides is 1. The summed E-state index contributed by atoms with van der Waals surface area (Å²) in [4.78, 5) is 15.6. The molecule has 1 aliphatic carbocycles. The highest BCUT2D eigenvalue weighted by molar-refractivity contribution is 7.93. The van der Waals surface area contributed by atoms with Gasteiger partial charge in [-0.3, -0.25) is 0 Å². The predicted molar refractivity (Wildman–Crippen MR) is 134 cm³/mol. The first-order chi connectivity index (χ1) is 15.8. The zero-order valence-electron chi connectivity index (χ0n) is 19.5. The number of aromatic nitrogens is 1. The van der Waals surface area contributed by atoms with Gasteiger partial charge in [-0.05, 0) is 83.3 Å². The molecule has 0 saturated heterocycles. The fraction of sp³-hybridized carbons (Fsp3) is 0.308. The quantitative estimate of drug-likeness (QED) is 0.445. The number of nitrogens with zero attached hydrogens (tertiary/aromatic N) is 2. The lowest BCUT2D eigenvalue weighted by Gasteiger charge is -2.42. The van der Waals surface area contributed by atoms with E-state index in [1.165, 1.54) is 46.3 Å². The van der Waals surface area contributed by atoms with Crippen LogP contribution in [0.4, 0.5) is 11.5 Å². The van der Waals surface area contributed by atoms with Crippen molar-refractivity contribution in [3.05, 3.63) is 82.5 Å². The number of aromatic carboxylic acids is 1. The van der Waals surface area contributed by atoms with Crippen molar-refractivity contribution in [3.8, 4) is 0 Å². The molecule has 4 rings (SSSR count). The summed E-state index contributed by atoms with van der Waals surface area (Å²) in [6.07, 6.45) is 3.18. The summed E-state index contributed by atoms with van der Waals surface area (Å²) in [5.74, 6) is -1.03. The average molecular weight is 499 g/mol. The summed E-state index contributed by atoms with van der Waals surface area (Å²) in [6, 6.07) is 14.4. The van der Waals surface area contributed by atoms with Crippen LogP contribution in [0.1, 0.15) is 62.0 Å². The van der Waals surface area contributed by atoms with Crippen LogP contribution in [0, 0.1) is 0 Å². The van der Waals surface area contributed by atoms with Crippen molar-refractivity contribution >= 4 is 39.1 Å². The van der Waals surface area contributed by atoms with Gasteiger partial charge in [0.05, 0.1) is 16.1 Å². The highest BCUT2D eigenvalue weighted by Gasteiger charge is 2.38. The van der Waals surface area contributed by atoms with Crippen molar-refractivity contribution in [1.82, 2.24) is 4.98 Å². The third-order valence-electron chi connectivity index (χ3n) is 6.63. The molecule has 0 aliphatic heterocycles. The van der Waals surface area contributed by atoms with E-state index in [0.29, 0.717) is 10.7 Å². The number of hydrogen-bond acceptors (Lipinski definition) is 4. The first-order valence-corrected chi connectivity index (χ1v) is 12.8. The molecule has 0 fully saturated rings. The van der Waals surface area contributed by atoms with Crippen LogP contribution in [0.5, 0.6) is 0 Å². The number of carbonyl (C=O) groups is 1. The molecule has 0 amide bonds. The Morgan fingerprint density at radius 3 is 2.12 bits per heavy atom. The first-order valence-electron chi connectivity index (χ1n) is 11.0. The van der Waals surface area contributed by atoms with E-state index in [1.807, 2.05) is 12.1 Å². The van der Waals surface area contributed by atoms with Gasteiger partial charge in [0.2, 0.25) is 0 Å². The number of pyridine rings is 1. The third-order valence-corrected chi connectivity index (χ3v) is 8.62. The van der Waals surface area contributed by atoms with E-state index >= 15 is 0 Å². The molecule has 178 valence electrons. The lowest BCUT2D eigenvalue weighted by Crippen LogP contribution is -2.34. The molecular weight excluding hydrogens is 472 g/mol. The zero-order valence-corrected chi connectivity index (χ0v) is 21.1. The fourth-order valence-electron chi connectivity index (χ4n) is 4.44. The summed E-state index contributed by atoms with van der Waals surface area (Å²) in [5.41, 5.74) is 2.56. The number of anilines is 2. The number of benzene rings is 2. The van der Waals surface area contributed by atoms with Crippen LogP contribution in [-0.4, -0.2) is 24.5 Å². The van der Waals surface area contributed by atoms with Crippen molar-refractivity contribution in [3.63, 3.8) is 0 Å². The monoisotopic (exact) mass is 498 g/mol. The summed E-state index contributed by atoms with van der Waals surface area (Å²) >= 11 is 5.98. The number of halogens is 1. The van der Waals surface area contributed by atoms with Crippen LogP contribution in [0.2, 0.25) is 5.02 Å². The first kappa shape index (κ1) is 24.2. The molecular formula is C26H27ClN2O4S. The van der Waals surface area contributed by atoms with Gasteiger partial charge in [0.15, 0.2) is 0 Å².